The van der Waals surface area contributed by atoms with Crippen molar-refractivity contribution in [3.63, 3.8) is 0 Å². The zero-order valence-electron chi connectivity index (χ0n) is 4.70. The Morgan fingerprint density at radius 3 is 2.78 bits per heavy atom. The van der Waals surface area contributed by atoms with E-state index >= 15 is 0 Å². The first kappa shape index (κ1) is 6.10. The van der Waals surface area contributed by atoms with Crippen molar-refractivity contribution in [3.05, 3.63) is 18.3 Å². The van der Waals surface area contributed by atoms with Crippen LogP contribution in [0.25, 0.3) is 0 Å². The molecule has 0 aliphatic heterocycles. The number of rotatable bonds is 1. The highest BCUT2D eigenvalue weighted by Gasteiger charge is 1.86. The highest BCUT2D eigenvalue weighted by atomic mass is 16.5. The summed E-state index contributed by atoms with van der Waals surface area (Å²) < 4.78 is 0. The third-order valence-corrected chi connectivity index (χ3v) is 0.901. The monoisotopic (exact) mass is 120 g/mol. The maximum absolute atomic E-state index is 8.28. The summed E-state index contributed by atoms with van der Waals surface area (Å²) in [6, 6.07) is 3.22. The Morgan fingerprint density at radius 2 is 2.33 bits per heavy atom. The maximum Gasteiger partial charge on any atom is 0.149 e. The first-order valence-corrected chi connectivity index (χ1v) is 2.44. The topological polar surface area (TPSA) is 45.1 Å². The minimum absolute atomic E-state index is 0.393. The van der Waals surface area contributed by atoms with Gasteiger partial charge in [0.15, 0.2) is 0 Å². The normalized spacial score (nSPS) is 9.00. The molecule has 0 aliphatic rings. The molecule has 0 saturated carbocycles. The number of pyridine rings is 1. The second-order valence-corrected chi connectivity index (χ2v) is 1.59. The molecular formula is C5H5BN2O. The van der Waals surface area contributed by atoms with Crippen LogP contribution in [-0.4, -0.2) is 18.0 Å². The summed E-state index contributed by atoms with van der Waals surface area (Å²) in [6.07, 6.45) is 1.46. The van der Waals surface area contributed by atoms with Crippen molar-refractivity contribution in [2.24, 2.45) is 0 Å². The van der Waals surface area contributed by atoms with Gasteiger partial charge >= 0.3 is 0 Å². The average Bonchev–Trinajstić information content (AvgIpc) is 1.90. The number of hydrogen-bond donors (Lipinski definition) is 2. The van der Waals surface area contributed by atoms with Crippen molar-refractivity contribution in [2.45, 2.75) is 0 Å². The summed E-state index contributed by atoms with van der Waals surface area (Å²) in [4.78, 5) is 3.71. The van der Waals surface area contributed by atoms with Crippen LogP contribution >= 0.6 is 0 Å². The van der Waals surface area contributed by atoms with Gasteiger partial charge in [0.25, 0.3) is 0 Å². The first-order chi connectivity index (χ1) is 4.33. The van der Waals surface area contributed by atoms with Gasteiger partial charge in [0.05, 0.1) is 0 Å². The molecule has 0 saturated heterocycles. The number of nitrogens with one attached hydrogen (secondary N) is 1. The molecule has 2 N–H and O–H groups in total. The van der Waals surface area contributed by atoms with Crippen LogP contribution in [0.5, 0.6) is 0 Å². The molecule has 2 radical (unpaired) electrons. The molecule has 1 aromatic heterocycles. The molecule has 9 heavy (non-hydrogen) atoms. The van der Waals surface area contributed by atoms with Crippen LogP contribution in [0, 0.1) is 0 Å². The molecule has 0 bridgehead atoms. The van der Waals surface area contributed by atoms with E-state index in [-0.39, 0.29) is 0 Å². The van der Waals surface area contributed by atoms with E-state index in [2.05, 4.69) is 4.98 Å². The SMILES string of the molecule is [B]c1ccc(NO)nc1. The quantitative estimate of drug-likeness (QED) is 0.394. The van der Waals surface area contributed by atoms with E-state index in [1.807, 2.05) is 5.48 Å². The number of nitrogens with zero attached hydrogens (tertiary/aromatic N) is 1. The molecule has 44 valence electrons. The lowest BCUT2D eigenvalue weighted by molar-refractivity contribution is 0.386. The smallest absolute Gasteiger partial charge is 0.149 e. The largest absolute Gasteiger partial charge is 0.290 e. The summed E-state index contributed by atoms with van der Waals surface area (Å²) in [7, 11) is 5.31. The van der Waals surface area contributed by atoms with Crippen LogP contribution < -0.4 is 10.9 Å². The fourth-order valence-electron chi connectivity index (χ4n) is 0.471. The van der Waals surface area contributed by atoms with Gasteiger partial charge in [-0.2, -0.15) is 0 Å². The average molecular weight is 120 g/mol. The molecule has 0 aliphatic carbocycles. The van der Waals surface area contributed by atoms with Gasteiger partial charge in [0.1, 0.15) is 13.7 Å². The van der Waals surface area contributed by atoms with E-state index in [1.165, 1.54) is 6.20 Å². The van der Waals surface area contributed by atoms with Gasteiger partial charge < -0.3 is 0 Å². The lowest BCUT2D eigenvalue weighted by Gasteiger charge is -1.95. The van der Waals surface area contributed by atoms with Crippen molar-refractivity contribution in [1.82, 2.24) is 4.98 Å². The van der Waals surface area contributed by atoms with Gasteiger partial charge in [-0.05, 0) is 6.07 Å². The van der Waals surface area contributed by atoms with Crippen molar-refractivity contribution in [2.75, 3.05) is 5.48 Å². The summed E-state index contributed by atoms with van der Waals surface area (Å²) in [5.74, 6) is 0.393. The Bertz CT molecular complexity index is 187. The van der Waals surface area contributed by atoms with E-state index in [4.69, 9.17) is 13.1 Å². The zero-order valence-corrected chi connectivity index (χ0v) is 4.70. The van der Waals surface area contributed by atoms with Crippen molar-refractivity contribution < 1.29 is 5.21 Å². The standard InChI is InChI=1S/C5H5BN2O/c6-4-1-2-5(8-9)7-3-4/h1-3,9H,(H,7,8). The molecular weight excluding hydrogens is 115 g/mol. The number of anilines is 1. The lowest BCUT2D eigenvalue weighted by atomic mass is 9.99. The first-order valence-electron chi connectivity index (χ1n) is 2.44. The molecule has 1 rings (SSSR count). The Kier molecular flexibility index (Phi) is 1.70. The highest BCUT2D eigenvalue weighted by Crippen LogP contribution is 1.93. The highest BCUT2D eigenvalue weighted by molar-refractivity contribution is 6.32. The van der Waals surface area contributed by atoms with Crippen LogP contribution in [0.4, 0.5) is 5.82 Å². The molecule has 1 aromatic rings. The number of hydrogen-bond acceptors (Lipinski definition) is 3. The number of aromatic nitrogens is 1. The van der Waals surface area contributed by atoms with E-state index in [0.717, 1.165) is 0 Å². The molecule has 0 atom stereocenters. The van der Waals surface area contributed by atoms with Crippen molar-refractivity contribution >= 4 is 19.1 Å². The van der Waals surface area contributed by atoms with Gasteiger partial charge in [-0.3, -0.25) is 10.7 Å². The van der Waals surface area contributed by atoms with Gasteiger partial charge in [-0.15, -0.1) is 0 Å². The van der Waals surface area contributed by atoms with Crippen LogP contribution in [0.15, 0.2) is 18.3 Å². The third kappa shape index (κ3) is 1.43. The third-order valence-electron chi connectivity index (χ3n) is 0.901. The molecule has 0 aromatic carbocycles. The maximum atomic E-state index is 8.28. The minimum atomic E-state index is 0.393. The Labute approximate surface area is 54.1 Å². The van der Waals surface area contributed by atoms with Gasteiger partial charge in [0, 0.05) is 6.20 Å². The molecule has 4 heteroatoms. The van der Waals surface area contributed by atoms with Gasteiger partial charge in [-0.1, -0.05) is 11.5 Å². The van der Waals surface area contributed by atoms with Crippen LogP contribution in [0.1, 0.15) is 0 Å². The van der Waals surface area contributed by atoms with Crippen LogP contribution in [-0.2, 0) is 0 Å². The molecule has 0 spiro atoms. The summed E-state index contributed by atoms with van der Waals surface area (Å²) in [5, 5.41) is 8.28. The van der Waals surface area contributed by atoms with Gasteiger partial charge in [-0.25, -0.2) is 4.98 Å². The molecule has 0 unspecified atom stereocenters. The predicted octanol–water partition coefficient (Wildman–Crippen LogP) is -0.324. The zero-order chi connectivity index (χ0) is 6.69. The van der Waals surface area contributed by atoms with Crippen LogP contribution in [0.2, 0.25) is 0 Å². The Morgan fingerprint density at radius 1 is 1.56 bits per heavy atom. The lowest BCUT2D eigenvalue weighted by Crippen LogP contribution is -2.03. The van der Waals surface area contributed by atoms with Crippen molar-refractivity contribution in [1.29, 1.82) is 0 Å². The molecule has 0 fully saturated rings. The molecule has 3 nitrogen and oxygen atoms in total. The summed E-state index contributed by atoms with van der Waals surface area (Å²) in [5.41, 5.74) is 2.47. The predicted molar refractivity (Wildman–Crippen MR) is 35.0 cm³/mol. The molecule has 0 amide bonds. The summed E-state index contributed by atoms with van der Waals surface area (Å²) in [6.45, 7) is 0. The Balaban J connectivity index is 2.88. The second kappa shape index (κ2) is 2.50. The second-order valence-electron chi connectivity index (χ2n) is 1.59. The van der Waals surface area contributed by atoms with Gasteiger partial charge in [0.2, 0.25) is 0 Å². The fourth-order valence-corrected chi connectivity index (χ4v) is 0.471. The summed E-state index contributed by atoms with van der Waals surface area (Å²) >= 11 is 0. The molecule has 1 heterocycles. The van der Waals surface area contributed by atoms with E-state index < -0.39 is 0 Å². The minimum Gasteiger partial charge on any atom is -0.290 e. The Hall–Kier alpha value is -1.03. The fraction of sp³-hybridized carbons (Fsp3) is 0. The van der Waals surface area contributed by atoms with Crippen LogP contribution in [0.3, 0.4) is 0 Å². The van der Waals surface area contributed by atoms with Crippen molar-refractivity contribution in [3.8, 4) is 0 Å². The van der Waals surface area contributed by atoms with E-state index in [0.29, 0.717) is 11.3 Å². The van der Waals surface area contributed by atoms with E-state index in [1.54, 1.807) is 12.1 Å². The van der Waals surface area contributed by atoms with E-state index in [9.17, 15) is 0 Å².